The van der Waals surface area contributed by atoms with Crippen LogP contribution in [-0.2, 0) is 0 Å². The molecule has 1 rings (SSSR count). The van der Waals surface area contributed by atoms with Crippen LogP contribution < -0.4 is 10.2 Å². The third kappa shape index (κ3) is 4.52. The van der Waals surface area contributed by atoms with Gasteiger partial charge in [-0.15, -0.1) is 0 Å². The van der Waals surface area contributed by atoms with E-state index >= 15 is 0 Å². The topological polar surface area (TPSA) is 48.4 Å². The lowest BCUT2D eigenvalue weighted by atomic mass is 10.4. The van der Waals surface area contributed by atoms with Crippen LogP contribution in [0.1, 0.15) is 6.92 Å². The highest BCUT2D eigenvalue weighted by molar-refractivity contribution is 5.47. The minimum Gasteiger partial charge on any atom is -0.395 e. The first-order chi connectivity index (χ1) is 8.17. The van der Waals surface area contributed by atoms with Gasteiger partial charge in [-0.1, -0.05) is 6.07 Å². The van der Waals surface area contributed by atoms with Crippen molar-refractivity contribution < 1.29 is 13.9 Å². The monoisotopic (exact) mass is 245 g/mol. The van der Waals surface area contributed by atoms with Crippen LogP contribution in [0, 0.1) is 0 Å². The quantitative estimate of drug-likeness (QED) is 0.765. The van der Waals surface area contributed by atoms with E-state index in [2.05, 4.69) is 10.3 Å². The van der Waals surface area contributed by atoms with Gasteiger partial charge in [0.1, 0.15) is 11.6 Å². The number of anilines is 2. The molecule has 0 saturated carbocycles. The zero-order valence-corrected chi connectivity index (χ0v) is 9.74. The third-order valence-electron chi connectivity index (χ3n) is 2.14. The third-order valence-corrected chi connectivity index (χ3v) is 2.14. The molecule has 0 radical (unpaired) electrons. The van der Waals surface area contributed by atoms with Crippen LogP contribution in [0.4, 0.5) is 20.4 Å². The second kappa shape index (κ2) is 7.01. The Hall–Kier alpha value is -1.43. The number of nitrogens with one attached hydrogen (secondary N) is 1. The molecule has 0 bridgehead atoms. The van der Waals surface area contributed by atoms with E-state index in [9.17, 15) is 8.78 Å². The minimum absolute atomic E-state index is 0.146. The molecule has 2 N–H and O–H groups in total. The van der Waals surface area contributed by atoms with Crippen molar-refractivity contribution in [3.05, 3.63) is 18.2 Å². The van der Waals surface area contributed by atoms with Crippen LogP contribution in [-0.4, -0.2) is 42.8 Å². The number of halogens is 2. The van der Waals surface area contributed by atoms with E-state index in [1.54, 1.807) is 18.2 Å². The SMILES string of the molecule is CCNc1cccc(N(CCO)CC(F)F)n1. The molecule has 96 valence electrons. The standard InChI is InChI=1S/C11H17F2N3O/c1-2-14-10-4-3-5-11(15-10)16(6-7-17)8-9(12)13/h3-5,9,17H,2,6-8H2,1H3,(H,14,15). The van der Waals surface area contributed by atoms with Crippen molar-refractivity contribution in [3.8, 4) is 0 Å². The van der Waals surface area contributed by atoms with E-state index < -0.39 is 13.0 Å². The van der Waals surface area contributed by atoms with E-state index in [0.29, 0.717) is 18.2 Å². The second-order valence-electron chi connectivity index (χ2n) is 3.47. The largest absolute Gasteiger partial charge is 0.395 e. The fraction of sp³-hybridized carbons (Fsp3) is 0.545. The molecule has 6 heteroatoms. The van der Waals surface area contributed by atoms with Crippen LogP contribution >= 0.6 is 0 Å². The molecule has 0 fully saturated rings. The lowest BCUT2D eigenvalue weighted by molar-refractivity contribution is 0.152. The highest BCUT2D eigenvalue weighted by Gasteiger charge is 2.13. The van der Waals surface area contributed by atoms with Gasteiger partial charge in [0, 0.05) is 13.1 Å². The molecule has 0 unspecified atom stereocenters. The molecular weight excluding hydrogens is 228 g/mol. The van der Waals surface area contributed by atoms with Gasteiger partial charge in [0.25, 0.3) is 6.43 Å². The Morgan fingerprint density at radius 1 is 1.47 bits per heavy atom. The lowest BCUT2D eigenvalue weighted by Gasteiger charge is -2.22. The Morgan fingerprint density at radius 2 is 2.24 bits per heavy atom. The molecule has 0 aliphatic rings. The normalized spacial score (nSPS) is 10.6. The van der Waals surface area contributed by atoms with Crippen LogP contribution in [0.25, 0.3) is 0 Å². The molecule has 1 heterocycles. The van der Waals surface area contributed by atoms with E-state index in [1.807, 2.05) is 6.92 Å². The maximum atomic E-state index is 12.4. The highest BCUT2D eigenvalue weighted by Crippen LogP contribution is 2.15. The predicted octanol–water partition coefficient (Wildman–Crippen LogP) is 1.58. The molecule has 0 amide bonds. The first kappa shape index (κ1) is 13.6. The molecule has 4 nitrogen and oxygen atoms in total. The van der Waals surface area contributed by atoms with Crippen molar-refractivity contribution in [3.63, 3.8) is 0 Å². The Morgan fingerprint density at radius 3 is 2.82 bits per heavy atom. The summed E-state index contributed by atoms with van der Waals surface area (Å²) in [6, 6.07) is 5.17. The predicted molar refractivity (Wildman–Crippen MR) is 63.7 cm³/mol. The summed E-state index contributed by atoms with van der Waals surface area (Å²) < 4.78 is 24.8. The molecule has 0 saturated heterocycles. The number of hydrogen-bond donors (Lipinski definition) is 2. The summed E-state index contributed by atoms with van der Waals surface area (Å²) in [5.74, 6) is 1.08. The van der Waals surface area contributed by atoms with Gasteiger partial charge in [0.15, 0.2) is 0 Å². The van der Waals surface area contributed by atoms with Gasteiger partial charge in [-0.25, -0.2) is 13.8 Å². The fourth-order valence-electron chi connectivity index (χ4n) is 1.47. The fourth-order valence-corrected chi connectivity index (χ4v) is 1.47. The number of aliphatic hydroxyl groups excluding tert-OH is 1. The summed E-state index contributed by atoms with van der Waals surface area (Å²) >= 11 is 0. The first-order valence-corrected chi connectivity index (χ1v) is 5.52. The van der Waals surface area contributed by atoms with Crippen LogP contribution in [0.5, 0.6) is 0 Å². The summed E-state index contributed by atoms with van der Waals surface area (Å²) in [6.07, 6.45) is -2.45. The molecule has 0 spiro atoms. The summed E-state index contributed by atoms with van der Waals surface area (Å²) in [6.45, 7) is 2.18. The molecule has 0 aliphatic carbocycles. The summed E-state index contributed by atoms with van der Waals surface area (Å²) in [4.78, 5) is 5.57. The zero-order chi connectivity index (χ0) is 12.7. The smallest absolute Gasteiger partial charge is 0.255 e. The van der Waals surface area contributed by atoms with Gasteiger partial charge in [-0.05, 0) is 19.1 Å². The van der Waals surface area contributed by atoms with E-state index in [-0.39, 0.29) is 13.2 Å². The van der Waals surface area contributed by atoms with E-state index in [1.165, 1.54) is 4.90 Å². The van der Waals surface area contributed by atoms with Crippen LogP contribution in [0.2, 0.25) is 0 Å². The summed E-state index contributed by atoms with van der Waals surface area (Å²) in [5, 5.41) is 11.9. The van der Waals surface area contributed by atoms with Gasteiger partial charge < -0.3 is 15.3 Å². The Bertz CT molecular complexity index is 336. The minimum atomic E-state index is -2.45. The van der Waals surface area contributed by atoms with Crippen LogP contribution in [0.15, 0.2) is 18.2 Å². The molecular formula is C11H17F2N3O. The van der Waals surface area contributed by atoms with Crippen molar-refractivity contribution in [1.29, 1.82) is 0 Å². The van der Waals surface area contributed by atoms with Crippen molar-refractivity contribution in [2.75, 3.05) is 36.5 Å². The number of alkyl halides is 2. The molecule has 1 aromatic rings. The van der Waals surface area contributed by atoms with Crippen molar-refractivity contribution >= 4 is 11.6 Å². The van der Waals surface area contributed by atoms with Crippen molar-refractivity contribution in [1.82, 2.24) is 4.98 Å². The second-order valence-corrected chi connectivity index (χ2v) is 3.47. The first-order valence-electron chi connectivity index (χ1n) is 5.52. The average Bonchev–Trinajstić information content (AvgIpc) is 2.29. The molecule has 1 aromatic heterocycles. The lowest BCUT2D eigenvalue weighted by Crippen LogP contribution is -2.32. The number of aromatic nitrogens is 1. The van der Waals surface area contributed by atoms with E-state index in [4.69, 9.17) is 5.11 Å². The van der Waals surface area contributed by atoms with E-state index in [0.717, 1.165) is 0 Å². The summed E-state index contributed by atoms with van der Waals surface area (Å²) in [5.41, 5.74) is 0. The number of aliphatic hydroxyl groups is 1. The maximum Gasteiger partial charge on any atom is 0.255 e. The van der Waals surface area contributed by atoms with Gasteiger partial charge in [0.2, 0.25) is 0 Å². The van der Waals surface area contributed by atoms with Gasteiger partial charge >= 0.3 is 0 Å². The molecule has 0 aliphatic heterocycles. The van der Waals surface area contributed by atoms with Gasteiger partial charge in [-0.3, -0.25) is 0 Å². The van der Waals surface area contributed by atoms with Crippen molar-refractivity contribution in [2.45, 2.75) is 13.3 Å². The maximum absolute atomic E-state index is 12.4. The van der Waals surface area contributed by atoms with Gasteiger partial charge in [-0.2, -0.15) is 0 Å². The summed E-state index contributed by atoms with van der Waals surface area (Å²) in [7, 11) is 0. The average molecular weight is 245 g/mol. The number of nitrogens with zero attached hydrogens (tertiary/aromatic N) is 2. The Kier molecular flexibility index (Phi) is 5.62. The zero-order valence-electron chi connectivity index (χ0n) is 9.74. The molecule has 17 heavy (non-hydrogen) atoms. The van der Waals surface area contributed by atoms with Gasteiger partial charge in [0.05, 0.1) is 13.2 Å². The Labute approximate surface area is 99.3 Å². The van der Waals surface area contributed by atoms with Crippen molar-refractivity contribution in [2.24, 2.45) is 0 Å². The molecule has 0 aromatic carbocycles. The number of pyridine rings is 1. The van der Waals surface area contributed by atoms with Crippen LogP contribution in [0.3, 0.4) is 0 Å². The number of hydrogen-bond acceptors (Lipinski definition) is 4. The molecule has 0 atom stereocenters. The Balaban J connectivity index is 2.81. The number of rotatable bonds is 7. The highest BCUT2D eigenvalue weighted by atomic mass is 19.3.